The van der Waals surface area contributed by atoms with Gasteiger partial charge in [-0.15, -0.1) is 0 Å². The maximum absolute atomic E-state index is 12.0. The number of benzene rings is 1. The molecule has 6 heteroatoms. The molecule has 0 bridgehead atoms. The van der Waals surface area contributed by atoms with Crippen LogP contribution in [-0.4, -0.2) is 16.1 Å². The molecule has 1 aromatic carbocycles. The molecule has 4 N–H and O–H groups in total. The van der Waals surface area contributed by atoms with Gasteiger partial charge >= 0.3 is 0 Å². The van der Waals surface area contributed by atoms with Gasteiger partial charge in [0.05, 0.1) is 17.4 Å². The SMILES string of the molecule is Cc1[nH]nc(C(=O)NC(C)c2ccc(Br)cc2)c1N. The van der Waals surface area contributed by atoms with Gasteiger partial charge in [-0.05, 0) is 31.5 Å². The average molecular weight is 323 g/mol. The first-order chi connectivity index (χ1) is 8.99. The number of H-pyrrole nitrogens is 1. The number of nitrogens with two attached hydrogens (primary N) is 1. The number of hydrogen-bond donors (Lipinski definition) is 3. The molecule has 0 saturated carbocycles. The van der Waals surface area contributed by atoms with Crippen molar-refractivity contribution in [2.45, 2.75) is 19.9 Å². The van der Waals surface area contributed by atoms with E-state index >= 15 is 0 Å². The van der Waals surface area contributed by atoms with Crippen LogP contribution in [0.15, 0.2) is 28.7 Å². The van der Waals surface area contributed by atoms with Crippen molar-refractivity contribution in [2.75, 3.05) is 5.73 Å². The Morgan fingerprint density at radius 3 is 2.58 bits per heavy atom. The molecule has 2 aromatic rings. The van der Waals surface area contributed by atoms with Crippen LogP contribution < -0.4 is 11.1 Å². The second-order valence-electron chi connectivity index (χ2n) is 4.36. The Bertz CT molecular complexity index is 591. The highest BCUT2D eigenvalue weighted by Crippen LogP contribution is 2.18. The summed E-state index contributed by atoms with van der Waals surface area (Å²) in [6, 6.07) is 7.66. The number of aryl methyl sites for hydroxylation is 1. The summed E-state index contributed by atoms with van der Waals surface area (Å²) in [7, 11) is 0. The molecule has 1 aromatic heterocycles. The fourth-order valence-electron chi connectivity index (χ4n) is 1.71. The van der Waals surface area contributed by atoms with Crippen LogP contribution in [0.4, 0.5) is 5.69 Å². The summed E-state index contributed by atoms with van der Waals surface area (Å²) in [5.74, 6) is -0.280. The number of amides is 1. The lowest BCUT2D eigenvalue weighted by Gasteiger charge is -2.13. The molecular formula is C13H15BrN4O. The molecule has 2 rings (SSSR count). The molecule has 0 fully saturated rings. The number of carbonyl (C=O) groups excluding carboxylic acids is 1. The van der Waals surface area contributed by atoms with Gasteiger partial charge in [-0.25, -0.2) is 0 Å². The van der Waals surface area contributed by atoms with E-state index in [9.17, 15) is 4.79 Å². The molecular weight excluding hydrogens is 308 g/mol. The number of aromatic nitrogens is 2. The zero-order valence-electron chi connectivity index (χ0n) is 10.7. The van der Waals surface area contributed by atoms with Gasteiger partial charge in [-0.1, -0.05) is 28.1 Å². The fraction of sp³-hybridized carbons (Fsp3) is 0.231. The number of anilines is 1. The third-order valence-electron chi connectivity index (χ3n) is 2.93. The van der Waals surface area contributed by atoms with Crippen molar-refractivity contribution in [3.8, 4) is 0 Å². The largest absolute Gasteiger partial charge is 0.395 e. The number of hydrogen-bond acceptors (Lipinski definition) is 3. The number of aromatic amines is 1. The van der Waals surface area contributed by atoms with Gasteiger partial charge in [0.15, 0.2) is 5.69 Å². The van der Waals surface area contributed by atoms with E-state index in [2.05, 4.69) is 31.4 Å². The van der Waals surface area contributed by atoms with E-state index < -0.39 is 0 Å². The number of rotatable bonds is 3. The Hall–Kier alpha value is -1.82. The fourth-order valence-corrected chi connectivity index (χ4v) is 1.98. The first kappa shape index (κ1) is 13.6. The summed E-state index contributed by atoms with van der Waals surface area (Å²) >= 11 is 3.38. The van der Waals surface area contributed by atoms with Crippen LogP contribution >= 0.6 is 15.9 Å². The van der Waals surface area contributed by atoms with Crippen LogP contribution in [-0.2, 0) is 0 Å². The maximum Gasteiger partial charge on any atom is 0.274 e. The van der Waals surface area contributed by atoms with E-state index in [1.807, 2.05) is 31.2 Å². The quantitative estimate of drug-likeness (QED) is 0.812. The van der Waals surface area contributed by atoms with Crippen LogP contribution in [0.1, 0.15) is 34.7 Å². The Morgan fingerprint density at radius 2 is 2.05 bits per heavy atom. The normalized spacial score (nSPS) is 12.2. The maximum atomic E-state index is 12.0. The average Bonchev–Trinajstić information content (AvgIpc) is 2.70. The van der Waals surface area contributed by atoms with E-state index in [0.717, 1.165) is 10.0 Å². The van der Waals surface area contributed by atoms with Crippen molar-refractivity contribution in [1.82, 2.24) is 15.5 Å². The second-order valence-corrected chi connectivity index (χ2v) is 5.27. The summed E-state index contributed by atoms with van der Waals surface area (Å²) in [6.45, 7) is 3.69. The molecule has 0 aliphatic heterocycles. The number of nitrogens with zero attached hydrogens (tertiary/aromatic N) is 1. The molecule has 1 amide bonds. The molecule has 0 spiro atoms. The summed E-state index contributed by atoms with van der Waals surface area (Å²) < 4.78 is 1.00. The lowest BCUT2D eigenvalue weighted by molar-refractivity contribution is 0.0935. The minimum absolute atomic E-state index is 0.114. The van der Waals surface area contributed by atoms with Crippen molar-refractivity contribution in [3.05, 3.63) is 45.7 Å². The number of nitrogen functional groups attached to an aromatic ring is 1. The van der Waals surface area contributed by atoms with Crippen molar-refractivity contribution in [1.29, 1.82) is 0 Å². The lowest BCUT2D eigenvalue weighted by Crippen LogP contribution is -2.27. The van der Waals surface area contributed by atoms with E-state index in [4.69, 9.17) is 5.73 Å². The highest BCUT2D eigenvalue weighted by molar-refractivity contribution is 9.10. The van der Waals surface area contributed by atoms with Gasteiger partial charge < -0.3 is 11.1 Å². The Labute approximate surface area is 119 Å². The van der Waals surface area contributed by atoms with Crippen LogP contribution in [0.25, 0.3) is 0 Å². The van der Waals surface area contributed by atoms with Gasteiger partial charge in [0.2, 0.25) is 0 Å². The Balaban J connectivity index is 2.10. The van der Waals surface area contributed by atoms with Crippen molar-refractivity contribution < 1.29 is 4.79 Å². The molecule has 0 radical (unpaired) electrons. The topological polar surface area (TPSA) is 83.8 Å². The summed E-state index contributed by atoms with van der Waals surface area (Å²) in [4.78, 5) is 12.0. The lowest BCUT2D eigenvalue weighted by atomic mass is 10.1. The summed E-state index contributed by atoms with van der Waals surface area (Å²) in [5, 5.41) is 9.47. The molecule has 1 unspecified atom stereocenters. The van der Waals surface area contributed by atoms with E-state index in [1.165, 1.54) is 0 Å². The van der Waals surface area contributed by atoms with Crippen molar-refractivity contribution >= 4 is 27.5 Å². The van der Waals surface area contributed by atoms with Crippen molar-refractivity contribution in [2.24, 2.45) is 0 Å². The first-order valence-corrected chi connectivity index (χ1v) is 6.65. The summed E-state index contributed by atoms with van der Waals surface area (Å²) in [5.41, 5.74) is 8.12. The molecule has 100 valence electrons. The number of carbonyl (C=O) groups is 1. The third kappa shape index (κ3) is 2.96. The predicted octanol–water partition coefficient (Wildman–Crippen LogP) is 2.55. The van der Waals surface area contributed by atoms with Gasteiger partial charge in [0, 0.05) is 4.47 Å². The highest BCUT2D eigenvalue weighted by atomic mass is 79.9. The van der Waals surface area contributed by atoms with Gasteiger partial charge in [-0.2, -0.15) is 5.10 Å². The van der Waals surface area contributed by atoms with Crippen LogP contribution in [0.2, 0.25) is 0 Å². The predicted molar refractivity (Wildman–Crippen MR) is 77.8 cm³/mol. The Kier molecular flexibility index (Phi) is 3.90. The highest BCUT2D eigenvalue weighted by Gasteiger charge is 2.17. The van der Waals surface area contributed by atoms with Crippen LogP contribution in [0.3, 0.4) is 0 Å². The van der Waals surface area contributed by atoms with E-state index in [1.54, 1.807) is 6.92 Å². The Morgan fingerprint density at radius 1 is 1.42 bits per heavy atom. The molecule has 0 saturated heterocycles. The van der Waals surface area contributed by atoms with Crippen LogP contribution in [0, 0.1) is 6.92 Å². The third-order valence-corrected chi connectivity index (χ3v) is 3.46. The van der Waals surface area contributed by atoms with Gasteiger partial charge in [0.25, 0.3) is 5.91 Å². The first-order valence-electron chi connectivity index (χ1n) is 5.86. The number of halogens is 1. The number of nitrogens with one attached hydrogen (secondary N) is 2. The zero-order chi connectivity index (χ0) is 14.0. The smallest absolute Gasteiger partial charge is 0.274 e. The van der Waals surface area contributed by atoms with Gasteiger partial charge in [-0.3, -0.25) is 9.89 Å². The second kappa shape index (κ2) is 5.44. The molecule has 0 aliphatic carbocycles. The summed E-state index contributed by atoms with van der Waals surface area (Å²) in [6.07, 6.45) is 0. The molecule has 19 heavy (non-hydrogen) atoms. The van der Waals surface area contributed by atoms with E-state index in [0.29, 0.717) is 11.4 Å². The molecule has 1 atom stereocenters. The molecule has 5 nitrogen and oxygen atoms in total. The van der Waals surface area contributed by atoms with E-state index in [-0.39, 0.29) is 17.6 Å². The van der Waals surface area contributed by atoms with Crippen LogP contribution in [0.5, 0.6) is 0 Å². The molecule has 1 heterocycles. The zero-order valence-corrected chi connectivity index (χ0v) is 12.3. The van der Waals surface area contributed by atoms with Gasteiger partial charge in [0.1, 0.15) is 0 Å². The van der Waals surface area contributed by atoms with Crippen molar-refractivity contribution in [3.63, 3.8) is 0 Å². The minimum Gasteiger partial charge on any atom is -0.395 e. The standard InChI is InChI=1S/C13H15BrN4O/c1-7(9-3-5-10(14)6-4-9)16-13(19)12-11(15)8(2)17-18-12/h3-7H,15H2,1-2H3,(H,16,19)(H,17,18). The minimum atomic E-state index is -0.280. The molecule has 0 aliphatic rings. The monoisotopic (exact) mass is 322 g/mol.